The third-order valence-corrected chi connectivity index (χ3v) is 2.56. The lowest BCUT2D eigenvalue weighted by Gasteiger charge is -2.05. The number of benzene rings is 2. The molecule has 2 aromatic rings. The zero-order valence-electron chi connectivity index (χ0n) is 10.6. The van der Waals surface area contributed by atoms with Crippen LogP contribution in [0.2, 0.25) is 0 Å². The number of ketones is 1. The largest absolute Gasteiger partial charge is 0.423 e. The van der Waals surface area contributed by atoms with Gasteiger partial charge in [0.25, 0.3) is 0 Å². The van der Waals surface area contributed by atoms with Gasteiger partial charge in [0.15, 0.2) is 5.78 Å². The van der Waals surface area contributed by atoms with Crippen molar-refractivity contribution in [1.29, 1.82) is 0 Å². The maximum absolute atomic E-state index is 11.8. The highest BCUT2D eigenvalue weighted by molar-refractivity contribution is 5.98. The lowest BCUT2D eigenvalue weighted by atomic mass is 10.1. The summed E-state index contributed by atoms with van der Waals surface area (Å²) in [5.41, 5.74) is 6.18. The fraction of sp³-hybridized carbons (Fsp3) is 0.0667. The van der Waals surface area contributed by atoms with Gasteiger partial charge in [-0.15, -0.1) is 12.4 Å². The first kappa shape index (κ1) is 15.9. The van der Waals surface area contributed by atoms with Crippen LogP contribution >= 0.6 is 12.4 Å². The van der Waals surface area contributed by atoms with E-state index in [1.807, 2.05) is 6.07 Å². The Kier molecular flexibility index (Phi) is 5.90. The molecule has 0 aliphatic rings. The maximum atomic E-state index is 11.8. The fourth-order valence-electron chi connectivity index (χ4n) is 1.59. The molecule has 2 aromatic carbocycles. The first-order valence-electron chi connectivity index (χ1n) is 5.81. The Bertz CT molecular complexity index is 599. The zero-order chi connectivity index (χ0) is 13.7. The van der Waals surface area contributed by atoms with Crippen LogP contribution in [-0.2, 0) is 0 Å². The summed E-state index contributed by atoms with van der Waals surface area (Å²) in [6, 6.07) is 15.1. The number of hydrogen-bond donors (Lipinski definition) is 1. The van der Waals surface area contributed by atoms with Crippen molar-refractivity contribution in [2.75, 3.05) is 6.54 Å². The second-order valence-electron chi connectivity index (χ2n) is 3.91. The molecule has 0 fully saturated rings. The summed E-state index contributed by atoms with van der Waals surface area (Å²) in [4.78, 5) is 23.3. The van der Waals surface area contributed by atoms with Crippen LogP contribution in [0.4, 0.5) is 0 Å². The molecule has 0 radical (unpaired) electrons. The van der Waals surface area contributed by atoms with Crippen LogP contribution < -0.4 is 10.5 Å². The molecule has 5 heteroatoms. The summed E-state index contributed by atoms with van der Waals surface area (Å²) in [5, 5.41) is 0. The lowest BCUT2D eigenvalue weighted by molar-refractivity contribution is 0.0733. The van der Waals surface area contributed by atoms with Crippen molar-refractivity contribution >= 4 is 24.2 Å². The van der Waals surface area contributed by atoms with Gasteiger partial charge in [0.05, 0.1) is 12.1 Å². The molecule has 0 unspecified atom stereocenters. The van der Waals surface area contributed by atoms with Gasteiger partial charge in [0.1, 0.15) is 5.75 Å². The number of carbonyl (C=O) groups excluding carboxylic acids is 2. The van der Waals surface area contributed by atoms with Gasteiger partial charge in [-0.2, -0.15) is 0 Å². The lowest BCUT2D eigenvalue weighted by Crippen LogP contribution is -2.14. The van der Waals surface area contributed by atoms with Crippen molar-refractivity contribution in [1.82, 2.24) is 0 Å². The van der Waals surface area contributed by atoms with E-state index in [1.54, 1.807) is 42.5 Å². The molecule has 2 N–H and O–H groups in total. The molecule has 104 valence electrons. The van der Waals surface area contributed by atoms with E-state index in [0.29, 0.717) is 16.9 Å². The van der Waals surface area contributed by atoms with Crippen LogP contribution in [-0.4, -0.2) is 18.3 Å². The molecule has 0 saturated carbocycles. The van der Waals surface area contributed by atoms with Gasteiger partial charge in [0, 0.05) is 5.56 Å². The summed E-state index contributed by atoms with van der Waals surface area (Å²) in [6.07, 6.45) is 0. The second-order valence-corrected chi connectivity index (χ2v) is 3.91. The van der Waals surface area contributed by atoms with E-state index in [-0.39, 0.29) is 24.7 Å². The Morgan fingerprint density at radius 2 is 1.60 bits per heavy atom. The molecule has 0 saturated heterocycles. The van der Waals surface area contributed by atoms with Gasteiger partial charge in [0.2, 0.25) is 0 Å². The van der Waals surface area contributed by atoms with Crippen LogP contribution in [0, 0.1) is 0 Å². The van der Waals surface area contributed by atoms with Crippen molar-refractivity contribution in [2.45, 2.75) is 0 Å². The zero-order valence-corrected chi connectivity index (χ0v) is 11.4. The summed E-state index contributed by atoms with van der Waals surface area (Å²) in [6.45, 7) is -0.0733. The number of halogens is 1. The first-order valence-corrected chi connectivity index (χ1v) is 5.81. The van der Waals surface area contributed by atoms with E-state index in [4.69, 9.17) is 10.5 Å². The van der Waals surface area contributed by atoms with Crippen LogP contribution in [0.25, 0.3) is 0 Å². The van der Waals surface area contributed by atoms with Gasteiger partial charge in [-0.25, -0.2) is 4.79 Å². The average molecular weight is 292 g/mol. The first-order chi connectivity index (χ1) is 9.20. The third-order valence-electron chi connectivity index (χ3n) is 2.56. The number of ether oxygens (including phenoxy) is 1. The summed E-state index contributed by atoms with van der Waals surface area (Å²) < 4.78 is 5.20. The van der Waals surface area contributed by atoms with Gasteiger partial charge in [-0.05, 0) is 24.3 Å². The van der Waals surface area contributed by atoms with Crippen LogP contribution in [0.5, 0.6) is 5.75 Å². The Labute approximate surface area is 123 Å². The summed E-state index contributed by atoms with van der Waals surface area (Å²) >= 11 is 0. The minimum absolute atomic E-state index is 0. The normalized spacial score (nSPS) is 9.45. The SMILES string of the molecule is Cl.NCC(=O)c1cccc(OC(=O)c2ccccc2)c1. The van der Waals surface area contributed by atoms with E-state index in [9.17, 15) is 9.59 Å². The molecular weight excluding hydrogens is 278 g/mol. The van der Waals surface area contributed by atoms with Crippen molar-refractivity contribution in [2.24, 2.45) is 5.73 Å². The summed E-state index contributed by atoms with van der Waals surface area (Å²) in [7, 11) is 0. The number of Topliss-reactive ketones (excluding diaryl/α,β-unsaturated/α-hetero) is 1. The van der Waals surface area contributed by atoms with Gasteiger partial charge < -0.3 is 10.5 Å². The van der Waals surface area contributed by atoms with Crippen molar-refractivity contribution in [3.05, 3.63) is 65.7 Å². The van der Waals surface area contributed by atoms with Gasteiger partial charge >= 0.3 is 5.97 Å². The van der Waals surface area contributed by atoms with Crippen LogP contribution in [0.15, 0.2) is 54.6 Å². The second kappa shape index (κ2) is 7.43. The van der Waals surface area contributed by atoms with E-state index in [2.05, 4.69) is 0 Å². The van der Waals surface area contributed by atoms with Crippen molar-refractivity contribution in [3.8, 4) is 5.75 Å². The average Bonchev–Trinajstić information content (AvgIpc) is 2.47. The highest BCUT2D eigenvalue weighted by Crippen LogP contribution is 2.15. The van der Waals surface area contributed by atoms with Crippen LogP contribution in [0.3, 0.4) is 0 Å². The molecule has 20 heavy (non-hydrogen) atoms. The van der Waals surface area contributed by atoms with Crippen molar-refractivity contribution in [3.63, 3.8) is 0 Å². The highest BCUT2D eigenvalue weighted by atomic mass is 35.5. The quantitative estimate of drug-likeness (QED) is 0.534. The predicted molar refractivity (Wildman–Crippen MR) is 78.5 cm³/mol. The molecular formula is C15H14ClNO3. The molecule has 2 rings (SSSR count). The predicted octanol–water partition coefficient (Wildman–Crippen LogP) is 2.47. The van der Waals surface area contributed by atoms with Gasteiger partial charge in [-0.3, -0.25) is 4.79 Å². The molecule has 0 heterocycles. The number of rotatable bonds is 4. The number of hydrogen-bond acceptors (Lipinski definition) is 4. The van der Waals surface area contributed by atoms with Crippen molar-refractivity contribution < 1.29 is 14.3 Å². The number of carbonyl (C=O) groups is 2. The highest BCUT2D eigenvalue weighted by Gasteiger charge is 2.09. The molecule has 4 nitrogen and oxygen atoms in total. The Hall–Kier alpha value is -2.17. The Morgan fingerprint density at radius 3 is 2.25 bits per heavy atom. The minimum atomic E-state index is -0.460. The van der Waals surface area contributed by atoms with E-state index >= 15 is 0 Å². The third kappa shape index (κ3) is 3.91. The molecule has 0 amide bonds. The van der Waals surface area contributed by atoms with E-state index < -0.39 is 5.97 Å². The topological polar surface area (TPSA) is 69.4 Å². The smallest absolute Gasteiger partial charge is 0.343 e. The molecule has 0 atom stereocenters. The summed E-state index contributed by atoms with van der Waals surface area (Å²) in [5.74, 6) is -0.330. The van der Waals surface area contributed by atoms with E-state index in [1.165, 1.54) is 6.07 Å². The molecule has 0 aromatic heterocycles. The fourth-order valence-corrected chi connectivity index (χ4v) is 1.59. The maximum Gasteiger partial charge on any atom is 0.343 e. The number of esters is 1. The van der Waals surface area contributed by atoms with Crippen LogP contribution in [0.1, 0.15) is 20.7 Å². The van der Waals surface area contributed by atoms with E-state index in [0.717, 1.165) is 0 Å². The molecule has 0 bridgehead atoms. The monoisotopic (exact) mass is 291 g/mol. The minimum Gasteiger partial charge on any atom is -0.423 e. The Morgan fingerprint density at radius 1 is 0.950 bits per heavy atom. The molecule has 0 aliphatic carbocycles. The standard InChI is InChI=1S/C15H13NO3.ClH/c16-10-14(17)12-7-4-8-13(9-12)19-15(18)11-5-2-1-3-6-11;/h1-9H,10,16H2;1H. The Balaban J connectivity index is 0.00000200. The molecule has 0 spiro atoms. The van der Waals surface area contributed by atoms with Gasteiger partial charge in [-0.1, -0.05) is 30.3 Å². The molecule has 0 aliphatic heterocycles. The number of nitrogens with two attached hydrogens (primary N) is 1.